The van der Waals surface area contributed by atoms with Gasteiger partial charge in [-0.05, 0) is 25.0 Å². The largest absolute Gasteiger partial charge is 0.394 e. The van der Waals surface area contributed by atoms with E-state index in [-0.39, 0.29) is 12.6 Å². The summed E-state index contributed by atoms with van der Waals surface area (Å²) in [6.45, 7) is 0.0138. The second kappa shape index (κ2) is 7.49. The molecule has 0 saturated heterocycles. The summed E-state index contributed by atoms with van der Waals surface area (Å²) >= 11 is 12.4. The van der Waals surface area contributed by atoms with E-state index in [0.29, 0.717) is 16.1 Å². The number of hydrogen-bond acceptors (Lipinski definition) is 2. The second-order valence-electron chi connectivity index (χ2n) is 5.23. The number of benzene rings is 1. The van der Waals surface area contributed by atoms with Crippen LogP contribution in [0.5, 0.6) is 0 Å². The highest BCUT2D eigenvalue weighted by atomic mass is 35.5. The van der Waals surface area contributed by atoms with E-state index in [2.05, 4.69) is 5.32 Å². The Hall–Kier alpha value is -0.280. The van der Waals surface area contributed by atoms with Gasteiger partial charge in [0.15, 0.2) is 0 Å². The van der Waals surface area contributed by atoms with E-state index in [1.165, 1.54) is 38.5 Å². The fourth-order valence-corrected chi connectivity index (χ4v) is 3.46. The fourth-order valence-electron chi connectivity index (χ4n) is 2.80. The van der Waals surface area contributed by atoms with E-state index >= 15 is 0 Å². The maximum Gasteiger partial charge on any atom is 0.0627 e. The van der Waals surface area contributed by atoms with Gasteiger partial charge in [-0.25, -0.2) is 0 Å². The Labute approximate surface area is 125 Å². The van der Waals surface area contributed by atoms with E-state index in [9.17, 15) is 5.11 Å². The lowest BCUT2D eigenvalue weighted by molar-refractivity contribution is 0.228. The van der Waals surface area contributed by atoms with Crippen LogP contribution in [0.3, 0.4) is 0 Å². The Morgan fingerprint density at radius 3 is 2.21 bits per heavy atom. The van der Waals surface area contributed by atoms with Crippen LogP contribution in [0.25, 0.3) is 0 Å². The third-order valence-electron chi connectivity index (χ3n) is 3.82. The van der Waals surface area contributed by atoms with Crippen molar-refractivity contribution < 1.29 is 5.11 Å². The van der Waals surface area contributed by atoms with Gasteiger partial charge >= 0.3 is 0 Å². The molecule has 4 heteroatoms. The highest BCUT2D eigenvalue weighted by Crippen LogP contribution is 2.31. The number of aliphatic hydroxyl groups excluding tert-OH is 1. The molecular formula is C15H21Cl2NO. The van der Waals surface area contributed by atoms with E-state index in [4.69, 9.17) is 23.2 Å². The van der Waals surface area contributed by atoms with Gasteiger partial charge in [0.25, 0.3) is 0 Å². The van der Waals surface area contributed by atoms with Crippen LogP contribution in [0, 0.1) is 0 Å². The summed E-state index contributed by atoms with van der Waals surface area (Å²) in [4.78, 5) is 0. The standard InChI is InChI=1S/C15H21Cl2NO/c16-12-8-5-9-13(17)15(12)14(10-19)18-11-6-3-1-2-4-7-11/h5,8-9,11,14,18-19H,1-4,6-7,10H2. The van der Waals surface area contributed by atoms with Crippen LogP contribution in [-0.2, 0) is 0 Å². The molecule has 1 aliphatic carbocycles. The summed E-state index contributed by atoms with van der Waals surface area (Å²) in [6.07, 6.45) is 7.47. The molecule has 0 bridgehead atoms. The van der Waals surface area contributed by atoms with Crippen LogP contribution in [-0.4, -0.2) is 17.8 Å². The Morgan fingerprint density at radius 1 is 1.11 bits per heavy atom. The molecule has 106 valence electrons. The number of nitrogens with one attached hydrogen (secondary N) is 1. The highest BCUT2D eigenvalue weighted by Gasteiger charge is 2.21. The monoisotopic (exact) mass is 301 g/mol. The summed E-state index contributed by atoms with van der Waals surface area (Å²) in [5.41, 5.74) is 0.817. The van der Waals surface area contributed by atoms with Crippen LogP contribution >= 0.6 is 23.2 Å². The van der Waals surface area contributed by atoms with Crippen molar-refractivity contribution in [2.45, 2.75) is 50.6 Å². The average Bonchev–Trinajstić information content (AvgIpc) is 2.65. The van der Waals surface area contributed by atoms with Crippen LogP contribution < -0.4 is 5.32 Å². The van der Waals surface area contributed by atoms with Crippen molar-refractivity contribution in [3.63, 3.8) is 0 Å². The van der Waals surface area contributed by atoms with Gasteiger partial charge in [0.05, 0.1) is 12.6 Å². The van der Waals surface area contributed by atoms with Crippen molar-refractivity contribution in [3.05, 3.63) is 33.8 Å². The lowest BCUT2D eigenvalue weighted by atomic mass is 10.0. The first-order chi connectivity index (χ1) is 9.22. The van der Waals surface area contributed by atoms with Gasteiger partial charge < -0.3 is 10.4 Å². The quantitative estimate of drug-likeness (QED) is 0.811. The van der Waals surface area contributed by atoms with Crippen molar-refractivity contribution in [1.29, 1.82) is 0 Å². The summed E-state index contributed by atoms with van der Waals surface area (Å²) in [5.74, 6) is 0. The number of rotatable bonds is 4. The Balaban J connectivity index is 2.10. The SMILES string of the molecule is OCC(NC1CCCCCC1)c1c(Cl)cccc1Cl. The number of hydrogen-bond donors (Lipinski definition) is 2. The molecule has 0 heterocycles. The molecule has 2 nitrogen and oxygen atoms in total. The molecular weight excluding hydrogens is 281 g/mol. The minimum atomic E-state index is -0.177. The molecule has 1 aromatic rings. The van der Waals surface area contributed by atoms with E-state index in [1.807, 2.05) is 18.2 Å². The smallest absolute Gasteiger partial charge is 0.0627 e. The lowest BCUT2D eigenvalue weighted by Gasteiger charge is -2.25. The molecule has 2 N–H and O–H groups in total. The third-order valence-corrected chi connectivity index (χ3v) is 4.48. The summed E-state index contributed by atoms with van der Waals surface area (Å²) in [6, 6.07) is 5.74. The van der Waals surface area contributed by atoms with Gasteiger partial charge in [-0.1, -0.05) is 55.0 Å². The maximum absolute atomic E-state index is 9.65. The molecule has 0 aromatic heterocycles. The zero-order chi connectivity index (χ0) is 13.7. The Bertz CT molecular complexity index is 383. The maximum atomic E-state index is 9.65. The minimum absolute atomic E-state index is 0.0138. The molecule has 0 spiro atoms. The summed E-state index contributed by atoms with van der Waals surface area (Å²) in [5, 5.41) is 14.4. The minimum Gasteiger partial charge on any atom is -0.394 e. The molecule has 1 aliphatic rings. The first-order valence-corrected chi connectivity index (χ1v) is 7.78. The van der Waals surface area contributed by atoms with Gasteiger partial charge in [-0.15, -0.1) is 0 Å². The van der Waals surface area contributed by atoms with E-state index in [0.717, 1.165) is 5.56 Å². The molecule has 1 unspecified atom stereocenters. The molecule has 1 aromatic carbocycles. The van der Waals surface area contributed by atoms with Crippen molar-refractivity contribution in [2.75, 3.05) is 6.61 Å². The molecule has 2 rings (SSSR count). The third kappa shape index (κ3) is 4.09. The van der Waals surface area contributed by atoms with E-state index < -0.39 is 0 Å². The molecule has 0 amide bonds. The van der Waals surface area contributed by atoms with Gasteiger partial charge in [-0.3, -0.25) is 0 Å². The van der Waals surface area contributed by atoms with Crippen LogP contribution in [0.2, 0.25) is 10.0 Å². The topological polar surface area (TPSA) is 32.3 Å². The van der Waals surface area contributed by atoms with Crippen molar-refractivity contribution in [2.24, 2.45) is 0 Å². The first kappa shape index (κ1) is 15.1. The van der Waals surface area contributed by atoms with Crippen molar-refractivity contribution in [3.8, 4) is 0 Å². The molecule has 19 heavy (non-hydrogen) atoms. The number of halogens is 2. The summed E-state index contributed by atoms with van der Waals surface area (Å²) < 4.78 is 0. The molecule has 0 aliphatic heterocycles. The lowest BCUT2D eigenvalue weighted by Crippen LogP contribution is -2.34. The van der Waals surface area contributed by atoms with E-state index in [1.54, 1.807) is 0 Å². The van der Waals surface area contributed by atoms with Crippen LogP contribution in [0.4, 0.5) is 0 Å². The average molecular weight is 302 g/mol. The highest BCUT2D eigenvalue weighted by molar-refractivity contribution is 6.36. The molecule has 1 saturated carbocycles. The first-order valence-electron chi connectivity index (χ1n) is 7.03. The molecule has 1 fully saturated rings. The van der Waals surface area contributed by atoms with Gasteiger partial charge in [0, 0.05) is 21.7 Å². The van der Waals surface area contributed by atoms with Crippen LogP contribution in [0.1, 0.15) is 50.1 Å². The molecule has 1 atom stereocenters. The summed E-state index contributed by atoms with van der Waals surface area (Å²) in [7, 11) is 0. The Morgan fingerprint density at radius 2 is 1.68 bits per heavy atom. The van der Waals surface area contributed by atoms with Crippen LogP contribution in [0.15, 0.2) is 18.2 Å². The predicted molar refractivity (Wildman–Crippen MR) is 80.9 cm³/mol. The fraction of sp³-hybridized carbons (Fsp3) is 0.600. The predicted octanol–water partition coefficient (Wildman–Crippen LogP) is 4.34. The zero-order valence-corrected chi connectivity index (χ0v) is 12.6. The van der Waals surface area contributed by atoms with Crippen molar-refractivity contribution in [1.82, 2.24) is 5.32 Å². The van der Waals surface area contributed by atoms with Gasteiger partial charge in [-0.2, -0.15) is 0 Å². The second-order valence-corrected chi connectivity index (χ2v) is 6.04. The normalized spacial score (nSPS) is 19.1. The Kier molecular flexibility index (Phi) is 5.96. The van der Waals surface area contributed by atoms with Gasteiger partial charge in [0.1, 0.15) is 0 Å². The molecule has 0 radical (unpaired) electrons. The van der Waals surface area contributed by atoms with Gasteiger partial charge in [0.2, 0.25) is 0 Å². The number of aliphatic hydroxyl groups is 1. The zero-order valence-electron chi connectivity index (χ0n) is 11.0. The van der Waals surface area contributed by atoms with Crippen molar-refractivity contribution >= 4 is 23.2 Å².